The van der Waals surface area contributed by atoms with Gasteiger partial charge in [0.25, 0.3) is 5.69 Å². The molecule has 1 aliphatic rings. The van der Waals surface area contributed by atoms with Gasteiger partial charge < -0.3 is 9.64 Å². The van der Waals surface area contributed by atoms with Gasteiger partial charge in [-0.15, -0.1) is 12.4 Å². The zero-order valence-electron chi connectivity index (χ0n) is 17.7. The van der Waals surface area contributed by atoms with Crippen molar-refractivity contribution in [1.29, 1.82) is 0 Å². The average Bonchev–Trinajstić information content (AvgIpc) is 2.96. The molecular weight excluding hydrogens is 426 g/mol. The molecule has 1 heterocycles. The molecule has 0 unspecified atom stereocenters. The quantitative estimate of drug-likeness (QED) is 0.365. The van der Waals surface area contributed by atoms with Crippen molar-refractivity contribution in [1.82, 2.24) is 0 Å². The molecule has 3 aromatic rings. The fourth-order valence-electron chi connectivity index (χ4n) is 3.49. The van der Waals surface area contributed by atoms with Crippen LogP contribution in [0.3, 0.4) is 0 Å². The molecule has 0 N–H and O–H groups in total. The molecule has 0 aliphatic carbocycles. The van der Waals surface area contributed by atoms with Crippen molar-refractivity contribution < 1.29 is 9.66 Å². The Morgan fingerprint density at radius 2 is 1.75 bits per heavy atom. The maximum Gasteiger partial charge on any atom is 0.269 e. The second-order valence-electron chi connectivity index (χ2n) is 7.29. The van der Waals surface area contributed by atoms with Gasteiger partial charge in [-0.2, -0.15) is 0 Å². The Bertz CT molecular complexity index is 1140. The van der Waals surface area contributed by atoms with Gasteiger partial charge in [0.2, 0.25) is 0 Å². The Kier molecular flexibility index (Phi) is 7.63. The van der Waals surface area contributed by atoms with Crippen molar-refractivity contribution in [2.24, 2.45) is 4.99 Å². The zero-order valence-corrected chi connectivity index (χ0v) is 18.5. The van der Waals surface area contributed by atoms with Crippen LogP contribution in [0.4, 0.5) is 11.4 Å². The van der Waals surface area contributed by atoms with Crippen molar-refractivity contribution in [2.45, 2.75) is 6.61 Å². The van der Waals surface area contributed by atoms with E-state index in [1.165, 1.54) is 17.8 Å². The number of nitro groups is 1. The third kappa shape index (κ3) is 5.34. The van der Waals surface area contributed by atoms with E-state index in [1.54, 1.807) is 12.1 Å². The van der Waals surface area contributed by atoms with Crippen molar-refractivity contribution in [3.8, 4) is 5.75 Å². The molecule has 6 nitrogen and oxygen atoms in total. The minimum Gasteiger partial charge on any atom is -0.488 e. The highest BCUT2D eigenvalue weighted by Gasteiger charge is 2.14. The van der Waals surface area contributed by atoms with Gasteiger partial charge in [0.05, 0.1) is 17.2 Å². The molecule has 0 bridgehead atoms. The summed E-state index contributed by atoms with van der Waals surface area (Å²) in [5, 5.41) is 10.8. The summed E-state index contributed by atoms with van der Waals surface area (Å²) in [6, 6.07) is 22.5. The second-order valence-corrected chi connectivity index (χ2v) is 7.29. The van der Waals surface area contributed by atoms with Crippen LogP contribution in [-0.2, 0) is 6.61 Å². The third-order valence-electron chi connectivity index (χ3n) is 5.19. The standard InChI is InChI=1S/C25H23N3O3.ClH/c1-27-17-16-26-23(22-7-3-4-8-24(22)27)15-12-20-6-2-5-9-25(20)31-18-19-10-13-21(14-11-19)28(29)30;/h2-15H,16-18H2,1H3;1H/b15-12+;. The van der Waals surface area contributed by atoms with Crippen molar-refractivity contribution in [2.75, 3.05) is 25.0 Å². The van der Waals surface area contributed by atoms with Crippen LogP contribution >= 0.6 is 12.4 Å². The predicted octanol–water partition coefficient (Wildman–Crippen LogP) is 5.55. The topological polar surface area (TPSA) is 68.0 Å². The number of nitrogens with zero attached hydrogens (tertiary/aromatic N) is 3. The van der Waals surface area contributed by atoms with Crippen molar-refractivity contribution >= 4 is 35.6 Å². The van der Waals surface area contributed by atoms with Crippen LogP contribution in [0, 0.1) is 10.1 Å². The molecule has 0 saturated heterocycles. The smallest absolute Gasteiger partial charge is 0.269 e. The van der Waals surface area contributed by atoms with E-state index in [-0.39, 0.29) is 18.1 Å². The van der Waals surface area contributed by atoms with Gasteiger partial charge in [-0.05, 0) is 42.0 Å². The third-order valence-corrected chi connectivity index (χ3v) is 5.19. The largest absolute Gasteiger partial charge is 0.488 e. The molecule has 0 spiro atoms. The molecule has 4 rings (SSSR count). The van der Waals surface area contributed by atoms with E-state index in [0.717, 1.165) is 41.2 Å². The molecule has 0 aromatic heterocycles. The van der Waals surface area contributed by atoms with Crippen molar-refractivity contribution in [3.63, 3.8) is 0 Å². The number of benzodiazepines with no additional fused rings is 1. The number of fused-ring (bicyclic) bond motifs is 1. The van der Waals surface area contributed by atoms with E-state index >= 15 is 0 Å². The predicted molar refractivity (Wildman–Crippen MR) is 131 cm³/mol. The van der Waals surface area contributed by atoms with E-state index in [2.05, 4.69) is 24.1 Å². The van der Waals surface area contributed by atoms with Gasteiger partial charge in [0.15, 0.2) is 0 Å². The van der Waals surface area contributed by atoms with Crippen LogP contribution in [-0.4, -0.2) is 30.8 Å². The number of nitro benzene ring substituents is 1. The molecule has 3 aromatic carbocycles. The average molecular weight is 450 g/mol. The van der Waals surface area contributed by atoms with Gasteiger partial charge in [-0.1, -0.05) is 36.4 Å². The van der Waals surface area contributed by atoms with Gasteiger partial charge in [0.1, 0.15) is 12.4 Å². The molecule has 0 radical (unpaired) electrons. The number of allylic oxidation sites excluding steroid dienone is 1. The van der Waals surface area contributed by atoms with Crippen LogP contribution in [0.15, 0.2) is 83.9 Å². The summed E-state index contributed by atoms with van der Waals surface area (Å²) >= 11 is 0. The lowest BCUT2D eigenvalue weighted by Crippen LogP contribution is -2.20. The monoisotopic (exact) mass is 449 g/mol. The van der Waals surface area contributed by atoms with Crippen LogP contribution in [0.1, 0.15) is 16.7 Å². The molecular formula is C25H24ClN3O3. The van der Waals surface area contributed by atoms with Gasteiger partial charge in [-0.3, -0.25) is 15.1 Å². The number of aliphatic imine (C=N–C) groups is 1. The van der Waals surface area contributed by atoms with E-state index in [0.29, 0.717) is 6.61 Å². The first-order valence-electron chi connectivity index (χ1n) is 10.1. The highest BCUT2D eigenvalue weighted by molar-refractivity contribution is 6.14. The lowest BCUT2D eigenvalue weighted by Gasteiger charge is -2.18. The fraction of sp³-hybridized carbons (Fsp3) is 0.160. The molecule has 0 fully saturated rings. The number of ether oxygens (including phenoxy) is 1. The number of benzene rings is 3. The number of rotatable bonds is 6. The number of para-hydroxylation sites is 2. The second kappa shape index (κ2) is 10.6. The number of halogens is 1. The molecule has 0 amide bonds. The minimum atomic E-state index is -0.406. The first-order valence-corrected chi connectivity index (χ1v) is 10.1. The van der Waals surface area contributed by atoms with E-state index in [1.807, 2.05) is 48.6 Å². The molecule has 1 aliphatic heterocycles. The van der Waals surface area contributed by atoms with Crippen LogP contribution in [0.5, 0.6) is 5.75 Å². The van der Waals surface area contributed by atoms with E-state index in [4.69, 9.17) is 9.73 Å². The summed E-state index contributed by atoms with van der Waals surface area (Å²) in [5.74, 6) is 0.747. The molecule has 7 heteroatoms. The van der Waals surface area contributed by atoms with Gasteiger partial charge in [-0.25, -0.2) is 0 Å². The Balaban J connectivity index is 0.00000289. The van der Waals surface area contributed by atoms with Crippen LogP contribution < -0.4 is 9.64 Å². The lowest BCUT2D eigenvalue weighted by molar-refractivity contribution is -0.384. The number of non-ortho nitro benzene ring substituents is 1. The number of hydrogen-bond donors (Lipinski definition) is 0. The van der Waals surface area contributed by atoms with Gasteiger partial charge >= 0.3 is 0 Å². The SMILES string of the molecule is CN1CCN=C(/C=C/c2ccccc2OCc2ccc([N+](=O)[O-])cc2)c2ccccc21.Cl. The first kappa shape index (κ1) is 23.0. The van der Waals surface area contributed by atoms with E-state index < -0.39 is 4.92 Å². The van der Waals surface area contributed by atoms with Gasteiger partial charge in [0, 0.05) is 42.5 Å². The summed E-state index contributed by atoms with van der Waals surface area (Å²) in [5.41, 5.74) is 5.12. The summed E-state index contributed by atoms with van der Waals surface area (Å²) < 4.78 is 6.01. The van der Waals surface area contributed by atoms with E-state index in [9.17, 15) is 10.1 Å². The summed E-state index contributed by atoms with van der Waals surface area (Å²) in [4.78, 5) is 17.4. The maximum absolute atomic E-state index is 10.8. The highest BCUT2D eigenvalue weighted by atomic mass is 35.5. The fourth-order valence-corrected chi connectivity index (χ4v) is 3.49. The van der Waals surface area contributed by atoms with Crippen LogP contribution in [0.2, 0.25) is 0 Å². The number of anilines is 1. The Hall–Kier alpha value is -3.64. The lowest BCUT2D eigenvalue weighted by atomic mass is 10.1. The first-order chi connectivity index (χ1) is 15.1. The highest BCUT2D eigenvalue weighted by Crippen LogP contribution is 2.25. The molecule has 32 heavy (non-hydrogen) atoms. The minimum absolute atomic E-state index is 0. The molecule has 0 atom stereocenters. The Morgan fingerprint density at radius 1 is 1.03 bits per heavy atom. The zero-order chi connectivity index (χ0) is 21.6. The normalized spacial score (nSPS) is 13.0. The number of hydrogen-bond acceptors (Lipinski definition) is 5. The van der Waals surface area contributed by atoms with Crippen LogP contribution in [0.25, 0.3) is 6.08 Å². The van der Waals surface area contributed by atoms with Crippen molar-refractivity contribution in [3.05, 3.63) is 106 Å². The molecule has 0 saturated carbocycles. The summed E-state index contributed by atoms with van der Waals surface area (Å²) in [6.07, 6.45) is 4.05. The maximum atomic E-state index is 10.8. The Labute approximate surface area is 193 Å². The summed E-state index contributed by atoms with van der Waals surface area (Å²) in [6.45, 7) is 1.95. The Morgan fingerprint density at radius 3 is 2.53 bits per heavy atom. The summed E-state index contributed by atoms with van der Waals surface area (Å²) in [7, 11) is 2.09. The number of likely N-dealkylation sites (N-methyl/N-ethyl adjacent to an activating group) is 1. The molecule has 164 valence electrons.